The summed E-state index contributed by atoms with van der Waals surface area (Å²) >= 11 is 0. The van der Waals surface area contributed by atoms with Gasteiger partial charge in [-0.2, -0.15) is 0 Å². The van der Waals surface area contributed by atoms with Gasteiger partial charge in [-0.15, -0.1) is 10.2 Å². The minimum absolute atomic E-state index is 0. The molecule has 27 heavy (non-hydrogen) atoms. The van der Waals surface area contributed by atoms with Gasteiger partial charge in [-0.3, -0.25) is 4.79 Å². The first-order valence-corrected chi connectivity index (χ1v) is 8.13. The summed E-state index contributed by atoms with van der Waals surface area (Å²) in [5.41, 5.74) is 7.71. The van der Waals surface area contributed by atoms with Gasteiger partial charge in [-0.25, -0.2) is 15.2 Å². The van der Waals surface area contributed by atoms with Crippen molar-refractivity contribution >= 4 is 22.5 Å². The third-order valence-corrected chi connectivity index (χ3v) is 4.38. The van der Waals surface area contributed by atoms with E-state index < -0.39 is 11.9 Å². The molecule has 4 rings (SSSR count). The Kier molecular flexibility index (Phi) is 5.26. The smallest absolute Gasteiger partial charge is 0.282 e. The summed E-state index contributed by atoms with van der Waals surface area (Å²) in [6, 6.07) is 12.6. The fourth-order valence-corrected chi connectivity index (χ4v) is 3.01. The lowest BCUT2D eigenvalue weighted by Gasteiger charge is -2.08. The van der Waals surface area contributed by atoms with Gasteiger partial charge in [0.1, 0.15) is 11.9 Å². The van der Waals surface area contributed by atoms with Gasteiger partial charge in [0.25, 0.3) is 5.91 Å². The van der Waals surface area contributed by atoms with Crippen LogP contribution in [0.5, 0.6) is 5.88 Å². The number of azo groups is 1. The standard InChI is InChI=1S/C18H16FN5O2.H2O/c19-11-7-5-10(6-8-11)14-9-15(22-21-14)17(25)24-23-16-12-3-1-2-4-13(12)20-18(16)26;/h1-8,14-15,20-22,26H,9H2;1H2. The predicted octanol–water partition coefficient (Wildman–Crippen LogP) is 2.41. The Labute approximate surface area is 153 Å². The number of carbonyl (C=O) groups excluding carboxylic acids is 1. The van der Waals surface area contributed by atoms with E-state index >= 15 is 0 Å². The van der Waals surface area contributed by atoms with Gasteiger partial charge in [-0.05, 0) is 30.2 Å². The van der Waals surface area contributed by atoms with Crippen LogP contribution in [0.4, 0.5) is 10.1 Å². The number of halogens is 1. The van der Waals surface area contributed by atoms with Crippen molar-refractivity contribution in [1.82, 2.24) is 15.8 Å². The first-order valence-electron chi connectivity index (χ1n) is 8.13. The zero-order valence-corrected chi connectivity index (χ0v) is 14.1. The van der Waals surface area contributed by atoms with Gasteiger partial charge in [-0.1, -0.05) is 30.3 Å². The molecule has 6 N–H and O–H groups in total. The molecule has 1 aliphatic rings. The van der Waals surface area contributed by atoms with Crippen molar-refractivity contribution in [3.05, 3.63) is 59.9 Å². The molecule has 0 radical (unpaired) electrons. The van der Waals surface area contributed by atoms with Gasteiger partial charge in [0, 0.05) is 11.4 Å². The normalized spacial score (nSPS) is 19.4. The highest BCUT2D eigenvalue weighted by Gasteiger charge is 2.30. The number of H-pyrrole nitrogens is 1. The molecule has 0 bridgehead atoms. The molecule has 2 aromatic carbocycles. The lowest BCUT2D eigenvalue weighted by Crippen LogP contribution is -2.35. The second-order valence-corrected chi connectivity index (χ2v) is 6.09. The van der Waals surface area contributed by atoms with Gasteiger partial charge in [0.05, 0.1) is 5.52 Å². The van der Waals surface area contributed by atoms with Crippen molar-refractivity contribution in [2.75, 3.05) is 0 Å². The highest BCUT2D eigenvalue weighted by Crippen LogP contribution is 2.35. The Morgan fingerprint density at radius 2 is 1.85 bits per heavy atom. The fraction of sp³-hybridized carbons (Fsp3) is 0.167. The second kappa shape index (κ2) is 7.62. The molecule has 1 aromatic heterocycles. The molecule has 0 aliphatic carbocycles. The Bertz CT molecular complexity index is 986. The summed E-state index contributed by atoms with van der Waals surface area (Å²) in [6.07, 6.45) is 0.462. The van der Waals surface area contributed by atoms with Crippen LogP contribution in [0.15, 0.2) is 58.8 Å². The molecule has 0 saturated carbocycles. The molecule has 1 aliphatic heterocycles. The Morgan fingerprint density at radius 3 is 2.63 bits per heavy atom. The van der Waals surface area contributed by atoms with E-state index in [4.69, 9.17) is 0 Å². The van der Waals surface area contributed by atoms with Crippen molar-refractivity contribution in [2.24, 2.45) is 10.2 Å². The quantitative estimate of drug-likeness (QED) is 0.526. The van der Waals surface area contributed by atoms with Gasteiger partial charge in [0.2, 0.25) is 5.88 Å². The molecular formula is C18H18FN5O3. The van der Waals surface area contributed by atoms with Crippen LogP contribution in [0, 0.1) is 5.82 Å². The zero-order valence-electron chi connectivity index (χ0n) is 14.1. The number of aromatic hydroxyl groups is 1. The van der Waals surface area contributed by atoms with Crippen LogP contribution in [0.1, 0.15) is 18.0 Å². The molecule has 1 amide bonds. The molecule has 140 valence electrons. The maximum absolute atomic E-state index is 13.0. The van der Waals surface area contributed by atoms with E-state index in [1.807, 2.05) is 12.1 Å². The third kappa shape index (κ3) is 3.70. The second-order valence-electron chi connectivity index (χ2n) is 6.09. The molecule has 9 heteroatoms. The fourth-order valence-electron chi connectivity index (χ4n) is 3.01. The van der Waals surface area contributed by atoms with Crippen LogP contribution in [-0.2, 0) is 4.79 Å². The predicted molar refractivity (Wildman–Crippen MR) is 96.9 cm³/mol. The number of fused-ring (bicyclic) bond motifs is 1. The van der Waals surface area contributed by atoms with Crippen LogP contribution < -0.4 is 10.9 Å². The molecule has 1 fully saturated rings. The lowest BCUT2D eigenvalue weighted by atomic mass is 10.0. The van der Waals surface area contributed by atoms with E-state index in [1.54, 1.807) is 24.3 Å². The van der Waals surface area contributed by atoms with Crippen LogP contribution in [-0.4, -0.2) is 27.5 Å². The average Bonchev–Trinajstić information content (AvgIpc) is 3.25. The van der Waals surface area contributed by atoms with Gasteiger partial charge < -0.3 is 15.6 Å². The maximum atomic E-state index is 13.0. The van der Waals surface area contributed by atoms with Gasteiger partial charge in [0.15, 0.2) is 5.69 Å². The molecular weight excluding hydrogens is 353 g/mol. The number of amides is 1. The number of para-hydroxylation sites is 1. The molecule has 2 atom stereocenters. The first-order chi connectivity index (χ1) is 12.6. The minimum Gasteiger partial charge on any atom is -0.493 e. The monoisotopic (exact) mass is 371 g/mol. The highest BCUT2D eigenvalue weighted by atomic mass is 19.1. The number of nitrogens with one attached hydrogen (secondary N) is 3. The highest BCUT2D eigenvalue weighted by molar-refractivity contribution is 5.94. The summed E-state index contributed by atoms with van der Waals surface area (Å²) in [7, 11) is 0. The topological polar surface area (TPSA) is 133 Å². The summed E-state index contributed by atoms with van der Waals surface area (Å²) in [4.78, 5) is 15.1. The number of hydrogen-bond acceptors (Lipinski definition) is 5. The molecule has 3 aromatic rings. The van der Waals surface area contributed by atoms with E-state index in [0.29, 0.717) is 17.3 Å². The SMILES string of the molecule is O.O=C(N=Nc1c(O)[nH]c2ccccc12)C1CC(c2ccc(F)cc2)NN1. The Hall–Kier alpha value is -3.14. The van der Waals surface area contributed by atoms with Crippen molar-refractivity contribution in [2.45, 2.75) is 18.5 Å². The number of carbonyl (C=O) groups is 1. The number of hydrazine groups is 1. The zero-order chi connectivity index (χ0) is 18.1. The summed E-state index contributed by atoms with van der Waals surface area (Å²) in [6.45, 7) is 0. The number of rotatable bonds is 3. The Morgan fingerprint density at radius 1 is 1.11 bits per heavy atom. The summed E-state index contributed by atoms with van der Waals surface area (Å²) < 4.78 is 13.0. The number of nitrogens with zero attached hydrogens (tertiary/aromatic N) is 2. The Balaban J connectivity index is 0.00000210. The number of hydrogen-bond donors (Lipinski definition) is 4. The van der Waals surface area contributed by atoms with Crippen molar-refractivity contribution in [1.29, 1.82) is 0 Å². The van der Waals surface area contributed by atoms with Gasteiger partial charge >= 0.3 is 0 Å². The largest absolute Gasteiger partial charge is 0.493 e. The molecule has 2 unspecified atom stereocenters. The van der Waals surface area contributed by atoms with Crippen molar-refractivity contribution in [3.63, 3.8) is 0 Å². The first kappa shape index (κ1) is 18.6. The average molecular weight is 371 g/mol. The van der Waals surface area contributed by atoms with E-state index in [2.05, 4.69) is 26.1 Å². The molecule has 0 spiro atoms. The lowest BCUT2D eigenvalue weighted by molar-refractivity contribution is -0.120. The summed E-state index contributed by atoms with van der Waals surface area (Å²) in [5.74, 6) is -0.893. The van der Waals surface area contributed by atoms with E-state index in [1.165, 1.54) is 12.1 Å². The number of aromatic amines is 1. The van der Waals surface area contributed by atoms with E-state index in [9.17, 15) is 14.3 Å². The van der Waals surface area contributed by atoms with Crippen LogP contribution in [0.3, 0.4) is 0 Å². The van der Waals surface area contributed by atoms with E-state index in [-0.39, 0.29) is 28.9 Å². The maximum Gasteiger partial charge on any atom is 0.282 e. The minimum atomic E-state index is -0.554. The summed E-state index contributed by atoms with van der Waals surface area (Å²) in [5, 5.41) is 18.3. The van der Waals surface area contributed by atoms with Crippen molar-refractivity contribution in [3.8, 4) is 5.88 Å². The molecule has 2 heterocycles. The van der Waals surface area contributed by atoms with E-state index in [0.717, 1.165) is 5.56 Å². The van der Waals surface area contributed by atoms with Crippen LogP contribution >= 0.6 is 0 Å². The number of benzene rings is 2. The number of aromatic nitrogens is 1. The van der Waals surface area contributed by atoms with Crippen LogP contribution in [0.2, 0.25) is 0 Å². The van der Waals surface area contributed by atoms with Crippen molar-refractivity contribution < 1.29 is 19.8 Å². The molecule has 1 saturated heterocycles. The third-order valence-electron chi connectivity index (χ3n) is 4.38. The molecule has 8 nitrogen and oxygen atoms in total. The van der Waals surface area contributed by atoms with Crippen LogP contribution in [0.25, 0.3) is 10.9 Å².